The third-order valence-electron chi connectivity index (χ3n) is 4.80. The van der Waals surface area contributed by atoms with Gasteiger partial charge in [0.1, 0.15) is 5.82 Å². The van der Waals surface area contributed by atoms with Crippen LogP contribution in [0.25, 0.3) is 0 Å². The summed E-state index contributed by atoms with van der Waals surface area (Å²) in [5.74, 6) is 1.72. The van der Waals surface area contributed by atoms with Gasteiger partial charge in [0.2, 0.25) is 0 Å². The highest BCUT2D eigenvalue weighted by molar-refractivity contribution is 5.01. The second kappa shape index (κ2) is 7.41. The van der Waals surface area contributed by atoms with Crippen molar-refractivity contribution in [3.8, 4) is 0 Å². The lowest BCUT2D eigenvalue weighted by atomic mass is 9.75. The minimum Gasteiger partial charge on any atom is -0.390 e. The van der Waals surface area contributed by atoms with Crippen LogP contribution in [0.4, 0.5) is 0 Å². The fraction of sp³-hybridized carbons (Fsp3) is 0.824. The highest BCUT2D eigenvalue weighted by atomic mass is 16.5. The third-order valence-corrected chi connectivity index (χ3v) is 4.80. The molecular formula is C17H30N2O2. The summed E-state index contributed by atoms with van der Waals surface area (Å²) in [4.78, 5) is 4.42. The van der Waals surface area contributed by atoms with Crippen LogP contribution in [-0.4, -0.2) is 33.0 Å². The molecule has 4 heteroatoms. The monoisotopic (exact) mass is 294 g/mol. The number of aliphatic hydroxyl groups excluding tert-OH is 1. The minimum absolute atomic E-state index is 0.371. The van der Waals surface area contributed by atoms with E-state index in [0.29, 0.717) is 13.0 Å². The first-order valence-corrected chi connectivity index (χ1v) is 8.43. The summed E-state index contributed by atoms with van der Waals surface area (Å²) in [6.07, 6.45) is 9.21. The van der Waals surface area contributed by atoms with Crippen LogP contribution >= 0.6 is 0 Å². The summed E-state index contributed by atoms with van der Waals surface area (Å²) in [6, 6.07) is 0. The molecule has 0 aliphatic heterocycles. The summed E-state index contributed by atoms with van der Waals surface area (Å²) in [6.45, 7) is 8.08. The average molecular weight is 294 g/mol. The lowest BCUT2D eigenvalue weighted by Crippen LogP contribution is -2.49. The largest absolute Gasteiger partial charge is 0.390 e. The molecule has 1 unspecified atom stereocenters. The molecule has 1 atom stereocenters. The van der Waals surface area contributed by atoms with E-state index in [1.54, 1.807) is 0 Å². The zero-order chi connectivity index (χ0) is 15.3. The number of imidazole rings is 1. The molecule has 1 aliphatic carbocycles. The first kappa shape index (κ1) is 16.5. The SMILES string of the molecule is CCCn1ccnc1CC(O)C1(OCC)CCC(C)CC1. The van der Waals surface area contributed by atoms with Crippen LogP contribution < -0.4 is 0 Å². The standard InChI is InChI=1S/C17H30N2O2/c1-4-11-19-12-10-18-16(19)13-15(20)17(21-5-2)8-6-14(3)7-9-17/h10,12,14-15,20H,4-9,11,13H2,1-3H3. The lowest BCUT2D eigenvalue weighted by molar-refractivity contribution is -0.144. The van der Waals surface area contributed by atoms with Crippen LogP contribution in [0.3, 0.4) is 0 Å². The molecule has 0 aromatic carbocycles. The lowest BCUT2D eigenvalue weighted by Gasteiger charge is -2.42. The zero-order valence-corrected chi connectivity index (χ0v) is 13.7. The highest BCUT2D eigenvalue weighted by Gasteiger charge is 2.41. The molecule has 1 fully saturated rings. The Hall–Kier alpha value is -0.870. The number of aliphatic hydroxyl groups is 1. The minimum atomic E-state index is -0.469. The van der Waals surface area contributed by atoms with Crippen LogP contribution in [0, 0.1) is 5.92 Å². The fourth-order valence-corrected chi connectivity index (χ4v) is 3.45. The predicted molar refractivity (Wildman–Crippen MR) is 84.2 cm³/mol. The molecule has 4 nitrogen and oxygen atoms in total. The Morgan fingerprint density at radius 3 is 2.76 bits per heavy atom. The fourth-order valence-electron chi connectivity index (χ4n) is 3.45. The Kier molecular flexibility index (Phi) is 5.82. The summed E-state index contributed by atoms with van der Waals surface area (Å²) in [5.41, 5.74) is -0.371. The Labute approximate surface area is 128 Å². The molecule has 0 spiro atoms. The van der Waals surface area contributed by atoms with Crippen LogP contribution in [-0.2, 0) is 17.7 Å². The van der Waals surface area contributed by atoms with E-state index in [4.69, 9.17) is 4.74 Å². The Morgan fingerprint density at radius 2 is 2.14 bits per heavy atom. The normalized spacial score (nSPS) is 27.7. The molecule has 0 bridgehead atoms. The van der Waals surface area contributed by atoms with E-state index in [2.05, 4.69) is 23.4 Å². The zero-order valence-electron chi connectivity index (χ0n) is 13.7. The van der Waals surface area contributed by atoms with Crippen LogP contribution in [0.1, 0.15) is 58.7 Å². The molecule has 0 radical (unpaired) electrons. The van der Waals surface area contributed by atoms with Crippen molar-refractivity contribution in [1.29, 1.82) is 0 Å². The number of hydrogen-bond donors (Lipinski definition) is 1. The van der Waals surface area contributed by atoms with Gasteiger partial charge in [-0.1, -0.05) is 13.8 Å². The molecule has 1 saturated carbocycles. The van der Waals surface area contributed by atoms with Crippen molar-refractivity contribution in [2.45, 2.75) is 77.5 Å². The number of aryl methyl sites for hydroxylation is 1. The summed E-state index contributed by atoms with van der Waals surface area (Å²) in [7, 11) is 0. The number of ether oxygens (including phenoxy) is 1. The van der Waals surface area contributed by atoms with Crippen LogP contribution in [0.2, 0.25) is 0 Å². The van der Waals surface area contributed by atoms with Crippen molar-refractivity contribution >= 4 is 0 Å². The molecule has 1 heterocycles. The second-order valence-electron chi connectivity index (χ2n) is 6.44. The Balaban J connectivity index is 2.08. The van der Waals surface area contributed by atoms with Crippen LogP contribution in [0.5, 0.6) is 0 Å². The van der Waals surface area contributed by atoms with Gasteiger partial charge in [-0.2, -0.15) is 0 Å². The summed E-state index contributed by atoms with van der Waals surface area (Å²) >= 11 is 0. The van der Waals surface area contributed by atoms with E-state index in [1.165, 1.54) is 0 Å². The van der Waals surface area contributed by atoms with E-state index in [9.17, 15) is 5.11 Å². The number of aromatic nitrogens is 2. The third kappa shape index (κ3) is 3.86. The van der Waals surface area contributed by atoms with Crippen LogP contribution in [0.15, 0.2) is 12.4 Å². The van der Waals surface area contributed by atoms with Gasteiger partial charge in [-0.3, -0.25) is 0 Å². The van der Waals surface area contributed by atoms with Gasteiger partial charge in [0.05, 0.1) is 11.7 Å². The number of hydrogen-bond acceptors (Lipinski definition) is 3. The van der Waals surface area contributed by atoms with E-state index in [-0.39, 0.29) is 5.60 Å². The van der Waals surface area contributed by atoms with Crippen molar-refractivity contribution in [3.05, 3.63) is 18.2 Å². The quantitative estimate of drug-likeness (QED) is 0.840. The first-order chi connectivity index (χ1) is 10.1. The molecule has 1 aromatic rings. The second-order valence-corrected chi connectivity index (χ2v) is 6.44. The highest BCUT2D eigenvalue weighted by Crippen LogP contribution is 2.38. The van der Waals surface area contributed by atoms with Gasteiger partial charge >= 0.3 is 0 Å². The van der Waals surface area contributed by atoms with Gasteiger partial charge in [-0.05, 0) is 44.9 Å². The van der Waals surface area contributed by atoms with Crippen molar-refractivity contribution < 1.29 is 9.84 Å². The Morgan fingerprint density at radius 1 is 1.43 bits per heavy atom. The van der Waals surface area contributed by atoms with Crippen molar-refractivity contribution in [3.63, 3.8) is 0 Å². The molecule has 2 rings (SSSR count). The smallest absolute Gasteiger partial charge is 0.111 e. The molecule has 120 valence electrons. The van der Waals surface area contributed by atoms with Gasteiger partial charge in [0.15, 0.2) is 0 Å². The number of nitrogens with zero attached hydrogens (tertiary/aromatic N) is 2. The van der Waals surface area contributed by atoms with E-state index >= 15 is 0 Å². The van der Waals surface area contributed by atoms with Gasteiger partial charge in [0, 0.05) is 32.0 Å². The molecule has 0 saturated heterocycles. The van der Waals surface area contributed by atoms with Gasteiger partial charge < -0.3 is 14.4 Å². The average Bonchev–Trinajstić information content (AvgIpc) is 2.89. The van der Waals surface area contributed by atoms with Gasteiger partial charge in [0.25, 0.3) is 0 Å². The van der Waals surface area contributed by atoms with Crippen molar-refractivity contribution in [2.24, 2.45) is 5.92 Å². The van der Waals surface area contributed by atoms with E-state index < -0.39 is 6.10 Å². The molecule has 21 heavy (non-hydrogen) atoms. The number of rotatable bonds is 7. The summed E-state index contributed by atoms with van der Waals surface area (Å²) < 4.78 is 8.19. The molecule has 0 amide bonds. The predicted octanol–water partition coefficient (Wildman–Crippen LogP) is 3.18. The van der Waals surface area contributed by atoms with Crippen molar-refractivity contribution in [1.82, 2.24) is 9.55 Å². The van der Waals surface area contributed by atoms with E-state index in [0.717, 1.165) is 50.4 Å². The molecule has 1 N–H and O–H groups in total. The Bertz CT molecular complexity index is 422. The maximum absolute atomic E-state index is 10.8. The van der Waals surface area contributed by atoms with Gasteiger partial charge in [-0.25, -0.2) is 4.98 Å². The molecular weight excluding hydrogens is 264 g/mol. The summed E-state index contributed by atoms with van der Waals surface area (Å²) in [5, 5.41) is 10.8. The maximum Gasteiger partial charge on any atom is 0.111 e. The topological polar surface area (TPSA) is 47.3 Å². The maximum atomic E-state index is 10.8. The van der Waals surface area contributed by atoms with E-state index in [1.807, 2.05) is 19.3 Å². The molecule has 1 aromatic heterocycles. The van der Waals surface area contributed by atoms with Crippen molar-refractivity contribution in [2.75, 3.05) is 6.61 Å². The molecule has 1 aliphatic rings. The van der Waals surface area contributed by atoms with Gasteiger partial charge in [-0.15, -0.1) is 0 Å². The first-order valence-electron chi connectivity index (χ1n) is 8.43.